The van der Waals surface area contributed by atoms with Crippen LogP contribution in [0.1, 0.15) is 19.4 Å². The molecule has 0 bridgehead atoms. The summed E-state index contributed by atoms with van der Waals surface area (Å²) in [6, 6.07) is 5.01. The number of benzene rings is 1. The SMILES string of the molecule is COc1cc2[nH]c(=O)c(/C=N/[S+]([O-])C(C)C)cc2cc1Cl. The number of rotatable bonds is 4. The van der Waals surface area contributed by atoms with Crippen LogP contribution < -0.4 is 10.3 Å². The van der Waals surface area contributed by atoms with Crippen LogP contribution in [-0.2, 0) is 11.4 Å². The molecule has 0 spiro atoms. The molecule has 1 heterocycles. The number of H-pyrrole nitrogens is 1. The molecule has 0 aliphatic rings. The molecule has 112 valence electrons. The fourth-order valence-electron chi connectivity index (χ4n) is 1.71. The van der Waals surface area contributed by atoms with E-state index < -0.39 is 11.4 Å². The second-order valence-corrected chi connectivity index (χ2v) is 6.80. The van der Waals surface area contributed by atoms with Crippen molar-refractivity contribution in [2.75, 3.05) is 7.11 Å². The molecule has 0 radical (unpaired) electrons. The highest BCUT2D eigenvalue weighted by atomic mass is 35.5. The highest BCUT2D eigenvalue weighted by Gasteiger charge is 2.11. The number of nitrogens with one attached hydrogen (secondary N) is 1. The van der Waals surface area contributed by atoms with Crippen molar-refractivity contribution in [2.45, 2.75) is 19.1 Å². The first-order valence-electron chi connectivity index (χ1n) is 6.27. The van der Waals surface area contributed by atoms with Crippen LogP contribution in [0.25, 0.3) is 10.9 Å². The Hall–Kier alpha value is -1.50. The third-order valence-corrected chi connectivity index (χ3v) is 4.26. The lowest BCUT2D eigenvalue weighted by Gasteiger charge is -2.07. The lowest BCUT2D eigenvalue weighted by molar-refractivity contribution is 0.415. The number of nitrogens with zero attached hydrogens (tertiary/aromatic N) is 1. The predicted octanol–water partition coefficient (Wildman–Crippen LogP) is 2.68. The van der Waals surface area contributed by atoms with Gasteiger partial charge in [-0.3, -0.25) is 4.79 Å². The predicted molar refractivity (Wildman–Crippen MR) is 87.0 cm³/mol. The van der Waals surface area contributed by atoms with Crippen LogP contribution in [-0.4, -0.2) is 28.1 Å². The summed E-state index contributed by atoms with van der Waals surface area (Å²) in [5, 5.41) is 1.10. The Bertz CT molecular complexity index is 743. The minimum absolute atomic E-state index is 0.0977. The molecule has 2 rings (SSSR count). The Labute approximate surface area is 130 Å². The van der Waals surface area contributed by atoms with Crippen LogP contribution in [0.5, 0.6) is 5.75 Å². The van der Waals surface area contributed by atoms with Crippen LogP contribution >= 0.6 is 11.6 Å². The third-order valence-electron chi connectivity index (χ3n) is 2.84. The summed E-state index contributed by atoms with van der Waals surface area (Å²) in [5.41, 5.74) is 0.637. The molecule has 1 N–H and O–H groups in total. The molecule has 0 saturated heterocycles. The van der Waals surface area contributed by atoms with Crippen molar-refractivity contribution in [3.8, 4) is 5.75 Å². The smallest absolute Gasteiger partial charge is 0.257 e. The number of aromatic nitrogens is 1. The summed E-state index contributed by atoms with van der Waals surface area (Å²) < 4.78 is 20.6. The van der Waals surface area contributed by atoms with Gasteiger partial charge in [0, 0.05) is 11.5 Å². The molecule has 21 heavy (non-hydrogen) atoms. The zero-order chi connectivity index (χ0) is 15.6. The molecule has 5 nitrogen and oxygen atoms in total. The van der Waals surface area contributed by atoms with Gasteiger partial charge in [-0.25, -0.2) is 0 Å². The van der Waals surface area contributed by atoms with E-state index in [0.29, 0.717) is 21.9 Å². The standard InChI is InChI=1S/C14H15ClN2O3S/c1-8(2)21(19)16-7-10-4-9-5-11(15)13(20-3)6-12(9)17-14(10)18/h4-8H,1-3H3,(H,17,18)/b16-7+. The number of methoxy groups -OCH3 is 1. The normalized spacial score (nSPS) is 13.2. The van der Waals surface area contributed by atoms with E-state index in [0.717, 1.165) is 5.39 Å². The Morgan fingerprint density at radius 1 is 1.43 bits per heavy atom. The summed E-state index contributed by atoms with van der Waals surface area (Å²) in [6.45, 7) is 3.59. The van der Waals surface area contributed by atoms with Gasteiger partial charge in [0.25, 0.3) is 5.56 Å². The van der Waals surface area contributed by atoms with E-state index in [1.807, 2.05) is 0 Å². The molecule has 1 unspecified atom stereocenters. The Balaban J connectivity index is 2.48. The number of hydrogen-bond acceptors (Lipinski definition) is 4. The van der Waals surface area contributed by atoms with Crippen molar-refractivity contribution in [1.82, 2.24) is 4.98 Å². The molecular formula is C14H15ClN2O3S. The first-order valence-corrected chi connectivity index (χ1v) is 7.82. The summed E-state index contributed by atoms with van der Waals surface area (Å²) in [5.74, 6) is 0.488. The van der Waals surface area contributed by atoms with Crippen molar-refractivity contribution in [3.63, 3.8) is 0 Å². The minimum atomic E-state index is -1.35. The average Bonchev–Trinajstić information content (AvgIpc) is 2.44. The molecule has 7 heteroatoms. The van der Waals surface area contributed by atoms with E-state index in [1.54, 1.807) is 32.0 Å². The average molecular weight is 327 g/mol. The van der Waals surface area contributed by atoms with Crippen molar-refractivity contribution in [1.29, 1.82) is 0 Å². The molecule has 0 saturated carbocycles. The zero-order valence-corrected chi connectivity index (χ0v) is 13.4. The van der Waals surface area contributed by atoms with Gasteiger partial charge in [-0.2, -0.15) is 0 Å². The van der Waals surface area contributed by atoms with Gasteiger partial charge in [0.05, 0.1) is 40.8 Å². The van der Waals surface area contributed by atoms with E-state index >= 15 is 0 Å². The minimum Gasteiger partial charge on any atom is -0.591 e. The van der Waals surface area contributed by atoms with Crippen molar-refractivity contribution >= 4 is 40.1 Å². The molecule has 1 aromatic heterocycles. The summed E-state index contributed by atoms with van der Waals surface area (Å²) in [7, 11) is 1.51. The zero-order valence-electron chi connectivity index (χ0n) is 11.8. The first-order chi connectivity index (χ1) is 9.92. The van der Waals surface area contributed by atoms with Crippen molar-refractivity contribution in [2.24, 2.45) is 4.40 Å². The van der Waals surface area contributed by atoms with Crippen LogP contribution in [0.4, 0.5) is 0 Å². The van der Waals surface area contributed by atoms with Gasteiger partial charge in [-0.05, 0) is 26.0 Å². The number of aromatic amines is 1. The van der Waals surface area contributed by atoms with Crippen LogP contribution in [0.2, 0.25) is 5.02 Å². The number of pyridine rings is 1. The van der Waals surface area contributed by atoms with E-state index in [1.165, 1.54) is 13.3 Å². The number of hydrogen-bond donors (Lipinski definition) is 1. The van der Waals surface area contributed by atoms with E-state index in [-0.39, 0.29) is 10.8 Å². The molecule has 0 amide bonds. The molecule has 1 atom stereocenters. The van der Waals surface area contributed by atoms with Crippen LogP contribution in [0.3, 0.4) is 0 Å². The first kappa shape index (κ1) is 15.9. The van der Waals surface area contributed by atoms with E-state index in [4.69, 9.17) is 16.3 Å². The van der Waals surface area contributed by atoms with E-state index in [2.05, 4.69) is 9.38 Å². The van der Waals surface area contributed by atoms with Gasteiger partial charge in [-0.15, -0.1) is 0 Å². The summed E-state index contributed by atoms with van der Waals surface area (Å²) >= 11 is 4.71. The quantitative estimate of drug-likeness (QED) is 0.693. The van der Waals surface area contributed by atoms with Crippen LogP contribution in [0.15, 0.2) is 27.4 Å². The number of ether oxygens (including phenoxy) is 1. The fourth-order valence-corrected chi connectivity index (χ4v) is 2.42. The third kappa shape index (κ3) is 3.58. The summed E-state index contributed by atoms with van der Waals surface area (Å²) in [6.07, 6.45) is 1.33. The Morgan fingerprint density at radius 2 is 2.14 bits per heavy atom. The molecular weight excluding hydrogens is 312 g/mol. The second kappa shape index (κ2) is 6.51. The number of halogens is 1. The van der Waals surface area contributed by atoms with Gasteiger partial charge in [0.1, 0.15) is 11.0 Å². The highest BCUT2D eigenvalue weighted by molar-refractivity contribution is 7.90. The van der Waals surface area contributed by atoms with Gasteiger partial charge in [-0.1, -0.05) is 16.0 Å². The maximum Gasteiger partial charge on any atom is 0.257 e. The fraction of sp³-hybridized carbons (Fsp3) is 0.286. The van der Waals surface area contributed by atoms with Gasteiger partial charge < -0.3 is 14.3 Å². The molecule has 0 fully saturated rings. The highest BCUT2D eigenvalue weighted by Crippen LogP contribution is 2.28. The number of fused-ring (bicyclic) bond motifs is 1. The largest absolute Gasteiger partial charge is 0.591 e. The topological polar surface area (TPSA) is 77.5 Å². The maximum atomic E-state index is 12.0. The van der Waals surface area contributed by atoms with E-state index in [9.17, 15) is 9.35 Å². The van der Waals surface area contributed by atoms with Crippen molar-refractivity contribution < 1.29 is 9.29 Å². The van der Waals surface area contributed by atoms with Gasteiger partial charge in [0.2, 0.25) is 0 Å². The summed E-state index contributed by atoms with van der Waals surface area (Å²) in [4.78, 5) is 14.7. The van der Waals surface area contributed by atoms with Crippen molar-refractivity contribution in [3.05, 3.63) is 39.1 Å². The monoisotopic (exact) mass is 326 g/mol. The maximum absolute atomic E-state index is 12.0. The molecule has 1 aromatic carbocycles. The molecule has 0 aliphatic heterocycles. The van der Waals surface area contributed by atoms with Gasteiger partial charge >= 0.3 is 0 Å². The second-order valence-electron chi connectivity index (χ2n) is 4.69. The molecule has 2 aromatic rings. The Morgan fingerprint density at radius 3 is 2.76 bits per heavy atom. The van der Waals surface area contributed by atoms with Gasteiger partial charge in [0.15, 0.2) is 0 Å². The Kier molecular flexibility index (Phi) is 4.92. The lowest BCUT2D eigenvalue weighted by Crippen LogP contribution is -2.15. The lowest BCUT2D eigenvalue weighted by atomic mass is 10.1. The van der Waals surface area contributed by atoms with Crippen LogP contribution in [0, 0.1) is 0 Å². The molecule has 0 aliphatic carbocycles.